The Balaban J connectivity index is 1.89. The van der Waals surface area contributed by atoms with Crippen LogP contribution >= 0.6 is 0 Å². The molecule has 0 bridgehead atoms. The first-order valence-corrected chi connectivity index (χ1v) is 7.54. The monoisotopic (exact) mass is 330 g/mol. The van der Waals surface area contributed by atoms with E-state index in [9.17, 15) is 19.7 Å². The summed E-state index contributed by atoms with van der Waals surface area (Å²) in [6, 6.07) is 6.07. The van der Waals surface area contributed by atoms with Crippen LogP contribution in [0, 0.1) is 10.1 Å². The van der Waals surface area contributed by atoms with Gasteiger partial charge in [-0.05, 0) is 11.6 Å². The van der Waals surface area contributed by atoms with Crippen molar-refractivity contribution in [2.24, 2.45) is 0 Å². The Labute approximate surface area is 139 Å². The van der Waals surface area contributed by atoms with E-state index in [1.807, 2.05) is 0 Å². The van der Waals surface area contributed by atoms with E-state index in [0.29, 0.717) is 31.5 Å². The lowest BCUT2D eigenvalue weighted by Crippen LogP contribution is -2.40. The van der Waals surface area contributed by atoms with Crippen LogP contribution in [0.25, 0.3) is 6.08 Å². The predicted molar refractivity (Wildman–Crippen MR) is 88.0 cm³/mol. The number of non-ortho nitro benzene ring substituents is 1. The Bertz CT molecular complexity index is 675. The number of piperidine rings is 1. The van der Waals surface area contributed by atoms with Gasteiger partial charge >= 0.3 is 5.97 Å². The van der Waals surface area contributed by atoms with Gasteiger partial charge in [0.05, 0.1) is 4.92 Å². The lowest BCUT2D eigenvalue weighted by Gasteiger charge is -2.30. The van der Waals surface area contributed by atoms with E-state index >= 15 is 0 Å². The Morgan fingerprint density at radius 1 is 1.33 bits per heavy atom. The molecule has 1 heterocycles. The van der Waals surface area contributed by atoms with Crippen molar-refractivity contribution in [1.29, 1.82) is 0 Å². The molecule has 1 aromatic carbocycles. The smallest absolute Gasteiger partial charge is 0.330 e. The summed E-state index contributed by atoms with van der Waals surface area (Å²) >= 11 is 0. The summed E-state index contributed by atoms with van der Waals surface area (Å²) in [6.45, 7) is 4.34. The first-order valence-electron chi connectivity index (χ1n) is 7.54. The SMILES string of the molecule is C=CC(=O)OC1CCN(C(=O)/C=C/c2cccc([N+](=O)[O-])c2)CC1. The first kappa shape index (κ1) is 17.4. The molecule has 0 radical (unpaired) electrons. The fraction of sp³-hybridized carbons (Fsp3) is 0.294. The number of hydrogen-bond acceptors (Lipinski definition) is 5. The average Bonchev–Trinajstić information content (AvgIpc) is 2.60. The number of carbonyl (C=O) groups excluding carboxylic acids is 2. The fourth-order valence-corrected chi connectivity index (χ4v) is 2.42. The molecule has 0 aromatic heterocycles. The van der Waals surface area contributed by atoms with Gasteiger partial charge < -0.3 is 9.64 Å². The fourth-order valence-electron chi connectivity index (χ4n) is 2.42. The largest absolute Gasteiger partial charge is 0.459 e. The molecule has 1 aliphatic rings. The number of nitrogens with zero attached hydrogens (tertiary/aromatic N) is 2. The Morgan fingerprint density at radius 3 is 2.67 bits per heavy atom. The zero-order valence-electron chi connectivity index (χ0n) is 13.1. The van der Waals surface area contributed by atoms with Crippen LogP contribution in [0.4, 0.5) is 5.69 Å². The standard InChI is InChI=1S/C17H18N2O5/c1-2-17(21)24-15-8-10-18(11-9-15)16(20)7-6-13-4-3-5-14(12-13)19(22)23/h2-7,12,15H,1,8-11H2/b7-6+. The topological polar surface area (TPSA) is 89.8 Å². The molecule has 1 aliphatic heterocycles. The molecule has 1 fully saturated rings. The molecule has 2 rings (SSSR count). The highest BCUT2D eigenvalue weighted by atomic mass is 16.6. The van der Waals surface area contributed by atoms with E-state index < -0.39 is 10.9 Å². The number of nitro benzene ring substituents is 1. The Kier molecular flexibility index (Phi) is 5.83. The van der Waals surface area contributed by atoms with Gasteiger partial charge in [0.1, 0.15) is 6.10 Å². The maximum Gasteiger partial charge on any atom is 0.330 e. The second-order valence-corrected chi connectivity index (χ2v) is 5.35. The van der Waals surface area contributed by atoms with Crippen molar-refractivity contribution < 1.29 is 19.2 Å². The summed E-state index contributed by atoms with van der Waals surface area (Å²) in [4.78, 5) is 35.2. The third-order valence-corrected chi connectivity index (χ3v) is 3.70. The van der Waals surface area contributed by atoms with Crippen LogP contribution < -0.4 is 0 Å². The average molecular weight is 330 g/mol. The third kappa shape index (κ3) is 4.77. The molecule has 126 valence electrons. The van der Waals surface area contributed by atoms with Crippen molar-refractivity contribution in [3.05, 3.63) is 58.7 Å². The first-order chi connectivity index (χ1) is 11.5. The number of rotatable bonds is 5. The molecule has 7 heteroatoms. The molecule has 1 amide bonds. The van der Waals surface area contributed by atoms with E-state index in [1.165, 1.54) is 18.2 Å². The Morgan fingerprint density at radius 2 is 2.04 bits per heavy atom. The number of ether oxygens (including phenoxy) is 1. The van der Waals surface area contributed by atoms with Gasteiger partial charge in [0, 0.05) is 50.2 Å². The molecule has 24 heavy (non-hydrogen) atoms. The Hall–Kier alpha value is -2.96. The summed E-state index contributed by atoms with van der Waals surface area (Å²) in [6.07, 6.45) is 5.04. The van der Waals surface area contributed by atoms with Gasteiger partial charge in [-0.3, -0.25) is 14.9 Å². The number of likely N-dealkylation sites (tertiary alicyclic amines) is 1. The second kappa shape index (κ2) is 8.05. The van der Waals surface area contributed by atoms with Crippen molar-refractivity contribution in [2.75, 3.05) is 13.1 Å². The van der Waals surface area contributed by atoms with Crippen LogP contribution in [0.3, 0.4) is 0 Å². The van der Waals surface area contributed by atoms with Crippen molar-refractivity contribution in [3.8, 4) is 0 Å². The van der Waals surface area contributed by atoms with Gasteiger partial charge in [-0.25, -0.2) is 4.79 Å². The second-order valence-electron chi connectivity index (χ2n) is 5.35. The highest BCUT2D eigenvalue weighted by Gasteiger charge is 2.23. The summed E-state index contributed by atoms with van der Waals surface area (Å²) < 4.78 is 5.16. The summed E-state index contributed by atoms with van der Waals surface area (Å²) in [5.74, 6) is -0.625. The van der Waals surface area contributed by atoms with Gasteiger partial charge in [-0.2, -0.15) is 0 Å². The van der Waals surface area contributed by atoms with Gasteiger partial charge in [0.25, 0.3) is 5.69 Å². The van der Waals surface area contributed by atoms with Crippen LogP contribution in [0.15, 0.2) is 43.0 Å². The highest BCUT2D eigenvalue weighted by molar-refractivity contribution is 5.92. The van der Waals surface area contributed by atoms with Crippen molar-refractivity contribution in [1.82, 2.24) is 4.90 Å². The molecule has 1 saturated heterocycles. The van der Waals surface area contributed by atoms with E-state index in [-0.39, 0.29) is 17.7 Å². The van der Waals surface area contributed by atoms with Gasteiger partial charge in [-0.15, -0.1) is 0 Å². The van der Waals surface area contributed by atoms with E-state index in [2.05, 4.69) is 6.58 Å². The zero-order chi connectivity index (χ0) is 17.5. The van der Waals surface area contributed by atoms with Gasteiger partial charge in [-0.1, -0.05) is 18.7 Å². The van der Waals surface area contributed by atoms with Gasteiger partial charge in [0.15, 0.2) is 0 Å². The maximum absolute atomic E-state index is 12.2. The number of nitro groups is 1. The molecule has 0 saturated carbocycles. The third-order valence-electron chi connectivity index (χ3n) is 3.70. The van der Waals surface area contributed by atoms with Crippen LogP contribution in [-0.4, -0.2) is 40.9 Å². The minimum absolute atomic E-state index is 0.0190. The van der Waals surface area contributed by atoms with Crippen LogP contribution in [0.1, 0.15) is 18.4 Å². The molecule has 1 aromatic rings. The molecule has 0 unspecified atom stereocenters. The molecular weight excluding hydrogens is 312 g/mol. The maximum atomic E-state index is 12.2. The summed E-state index contributed by atoms with van der Waals surface area (Å²) in [7, 11) is 0. The summed E-state index contributed by atoms with van der Waals surface area (Å²) in [5.41, 5.74) is 0.571. The quantitative estimate of drug-likeness (QED) is 0.358. The number of amides is 1. The number of hydrogen-bond donors (Lipinski definition) is 0. The van der Waals surface area contributed by atoms with Crippen LogP contribution in [-0.2, 0) is 14.3 Å². The molecular formula is C17H18N2O5. The van der Waals surface area contributed by atoms with Crippen LogP contribution in [0.5, 0.6) is 0 Å². The molecule has 0 aliphatic carbocycles. The van der Waals surface area contributed by atoms with Crippen LogP contribution in [0.2, 0.25) is 0 Å². The normalized spacial score (nSPS) is 15.2. The lowest BCUT2D eigenvalue weighted by molar-refractivity contribution is -0.384. The van der Waals surface area contributed by atoms with Crippen molar-refractivity contribution >= 4 is 23.6 Å². The van der Waals surface area contributed by atoms with Gasteiger partial charge in [0.2, 0.25) is 5.91 Å². The zero-order valence-corrected chi connectivity index (χ0v) is 13.1. The predicted octanol–water partition coefficient (Wildman–Crippen LogP) is 2.33. The minimum atomic E-state index is -0.478. The van der Waals surface area contributed by atoms with E-state index in [0.717, 1.165) is 6.08 Å². The highest BCUT2D eigenvalue weighted by Crippen LogP contribution is 2.16. The van der Waals surface area contributed by atoms with E-state index in [1.54, 1.807) is 23.1 Å². The minimum Gasteiger partial charge on any atom is -0.459 e. The lowest BCUT2D eigenvalue weighted by atomic mass is 10.1. The van der Waals surface area contributed by atoms with Crippen molar-refractivity contribution in [2.45, 2.75) is 18.9 Å². The molecule has 7 nitrogen and oxygen atoms in total. The van der Waals surface area contributed by atoms with Crippen molar-refractivity contribution in [3.63, 3.8) is 0 Å². The number of benzene rings is 1. The molecule has 0 N–H and O–H groups in total. The molecule has 0 spiro atoms. The van der Waals surface area contributed by atoms with E-state index in [4.69, 9.17) is 4.74 Å². The molecule has 0 atom stereocenters. The number of esters is 1. The summed E-state index contributed by atoms with van der Waals surface area (Å²) in [5, 5.41) is 10.7. The number of carbonyl (C=O) groups is 2.